The fourth-order valence-corrected chi connectivity index (χ4v) is 4.03. The molecule has 168 valence electrons. The minimum atomic E-state index is -0.612. The maximum atomic E-state index is 12.8. The maximum Gasteiger partial charge on any atom is 0.251 e. The highest BCUT2D eigenvalue weighted by molar-refractivity contribution is 5.94. The molecule has 1 fully saturated rings. The molecule has 0 spiro atoms. The van der Waals surface area contributed by atoms with Crippen LogP contribution in [-0.4, -0.2) is 77.8 Å². The van der Waals surface area contributed by atoms with Crippen LogP contribution in [0.1, 0.15) is 16.8 Å². The molecule has 0 bridgehead atoms. The van der Waals surface area contributed by atoms with E-state index < -0.39 is 18.2 Å². The van der Waals surface area contributed by atoms with Crippen molar-refractivity contribution in [3.05, 3.63) is 72.6 Å². The zero-order valence-corrected chi connectivity index (χ0v) is 17.8. The summed E-state index contributed by atoms with van der Waals surface area (Å²) in [7, 11) is 0. The molecule has 8 heteroatoms. The summed E-state index contributed by atoms with van der Waals surface area (Å²) < 4.78 is 5.92. The number of hydrogen-bond acceptors (Lipinski definition) is 6. The van der Waals surface area contributed by atoms with E-state index in [0.717, 1.165) is 13.1 Å². The second-order valence-corrected chi connectivity index (χ2v) is 7.92. The molecule has 4 rings (SSSR count). The van der Waals surface area contributed by atoms with Crippen LogP contribution in [0.3, 0.4) is 0 Å². The Bertz CT molecular complexity index is 930. The van der Waals surface area contributed by atoms with Crippen LogP contribution in [0.5, 0.6) is 0 Å². The summed E-state index contributed by atoms with van der Waals surface area (Å²) in [6, 6.07) is 13.0. The molecule has 0 aliphatic carbocycles. The zero-order chi connectivity index (χ0) is 22.3. The molecule has 2 aromatic rings. The number of hydrogen-bond donors (Lipinski definition) is 2. The molecule has 1 saturated heterocycles. The van der Waals surface area contributed by atoms with Crippen LogP contribution in [0, 0.1) is 0 Å². The summed E-state index contributed by atoms with van der Waals surface area (Å²) in [5, 5.41) is 12.6. The Labute approximate surface area is 187 Å². The zero-order valence-electron chi connectivity index (χ0n) is 17.8. The van der Waals surface area contributed by atoms with Crippen molar-refractivity contribution in [2.24, 2.45) is 0 Å². The number of nitrogens with one attached hydrogen (secondary N) is 1. The number of rotatable bonds is 6. The minimum Gasteiger partial charge on any atom is -0.394 e. The Morgan fingerprint density at radius 2 is 1.75 bits per heavy atom. The van der Waals surface area contributed by atoms with Gasteiger partial charge in [0.25, 0.3) is 5.91 Å². The van der Waals surface area contributed by atoms with Gasteiger partial charge >= 0.3 is 0 Å². The molecule has 0 radical (unpaired) electrons. The van der Waals surface area contributed by atoms with E-state index in [2.05, 4.69) is 27.3 Å². The molecule has 8 nitrogen and oxygen atoms in total. The SMILES string of the molecule is O=C(N[C@H]1C=C[C@@H](CC(=O)N2CCN(c3ccccc3)CC2)O[C@H]1CO)c1ccncc1. The molecule has 2 N–H and O–H groups in total. The van der Waals surface area contributed by atoms with Crippen LogP contribution in [-0.2, 0) is 9.53 Å². The first-order valence-electron chi connectivity index (χ1n) is 10.9. The third-order valence-corrected chi connectivity index (χ3v) is 5.83. The molecule has 1 aromatic carbocycles. The van der Waals surface area contributed by atoms with Gasteiger partial charge in [-0.2, -0.15) is 0 Å². The first-order valence-corrected chi connectivity index (χ1v) is 10.9. The third kappa shape index (κ3) is 5.33. The number of benzene rings is 1. The summed E-state index contributed by atoms with van der Waals surface area (Å²) in [4.78, 5) is 33.2. The van der Waals surface area contributed by atoms with Crippen molar-refractivity contribution in [1.82, 2.24) is 15.2 Å². The second-order valence-electron chi connectivity index (χ2n) is 7.92. The molecular weight excluding hydrogens is 408 g/mol. The lowest BCUT2D eigenvalue weighted by Gasteiger charge is -2.37. The number of aliphatic hydroxyl groups is 1. The van der Waals surface area contributed by atoms with E-state index in [9.17, 15) is 14.7 Å². The highest BCUT2D eigenvalue weighted by atomic mass is 16.5. The summed E-state index contributed by atoms with van der Waals surface area (Å²) in [6.07, 6.45) is 5.86. The Kier molecular flexibility index (Phi) is 7.14. The fourth-order valence-electron chi connectivity index (χ4n) is 4.03. The second kappa shape index (κ2) is 10.4. The number of carbonyl (C=O) groups excluding carboxylic acids is 2. The van der Waals surface area contributed by atoms with Crippen molar-refractivity contribution in [1.29, 1.82) is 0 Å². The third-order valence-electron chi connectivity index (χ3n) is 5.83. The van der Waals surface area contributed by atoms with E-state index in [-0.39, 0.29) is 24.8 Å². The van der Waals surface area contributed by atoms with Gasteiger partial charge in [0.1, 0.15) is 6.10 Å². The van der Waals surface area contributed by atoms with Crippen molar-refractivity contribution < 1.29 is 19.4 Å². The highest BCUT2D eigenvalue weighted by Gasteiger charge is 2.31. The number of ether oxygens (including phenoxy) is 1. The van der Waals surface area contributed by atoms with Gasteiger partial charge < -0.3 is 25.0 Å². The van der Waals surface area contributed by atoms with E-state index in [1.165, 1.54) is 5.69 Å². The van der Waals surface area contributed by atoms with E-state index in [1.54, 1.807) is 36.7 Å². The van der Waals surface area contributed by atoms with Crippen molar-refractivity contribution in [3.63, 3.8) is 0 Å². The van der Waals surface area contributed by atoms with Crippen LogP contribution in [0.2, 0.25) is 0 Å². The number of aromatic nitrogens is 1. The smallest absolute Gasteiger partial charge is 0.251 e. The number of aliphatic hydroxyl groups excluding tert-OH is 1. The summed E-state index contributed by atoms with van der Waals surface area (Å²) in [6.45, 7) is 2.65. The first-order chi connectivity index (χ1) is 15.6. The first kappa shape index (κ1) is 22.0. The Hall–Kier alpha value is -3.23. The molecule has 3 heterocycles. The number of pyridine rings is 1. The number of nitrogens with zero attached hydrogens (tertiary/aromatic N) is 3. The van der Waals surface area contributed by atoms with Gasteiger partial charge in [-0.15, -0.1) is 0 Å². The van der Waals surface area contributed by atoms with Crippen molar-refractivity contribution in [2.45, 2.75) is 24.7 Å². The molecule has 2 aliphatic rings. The van der Waals surface area contributed by atoms with Gasteiger partial charge in [0.2, 0.25) is 5.91 Å². The average molecular weight is 437 g/mol. The standard InChI is InChI=1S/C24H28N4O4/c29-17-22-21(26-24(31)18-8-10-25-11-9-18)7-6-20(32-22)16-23(30)28-14-12-27(13-15-28)19-4-2-1-3-5-19/h1-11,20-22,29H,12-17H2,(H,26,31)/t20-,21-,22-/m0/s1. The minimum absolute atomic E-state index is 0.0309. The van der Waals surface area contributed by atoms with Gasteiger partial charge in [-0.3, -0.25) is 14.6 Å². The Balaban J connectivity index is 1.29. The number of amides is 2. The summed E-state index contributed by atoms with van der Waals surface area (Å²) in [5.41, 5.74) is 1.65. The fraction of sp³-hybridized carbons (Fsp3) is 0.375. The van der Waals surface area contributed by atoms with Crippen LogP contribution < -0.4 is 10.2 Å². The van der Waals surface area contributed by atoms with Crippen molar-refractivity contribution in [2.75, 3.05) is 37.7 Å². The van der Waals surface area contributed by atoms with Gasteiger partial charge in [0.15, 0.2) is 0 Å². The Morgan fingerprint density at radius 3 is 2.44 bits per heavy atom. The number of para-hydroxylation sites is 1. The van der Waals surface area contributed by atoms with Gasteiger partial charge in [-0.25, -0.2) is 0 Å². The van der Waals surface area contributed by atoms with E-state index in [0.29, 0.717) is 18.7 Å². The lowest BCUT2D eigenvalue weighted by atomic mass is 10.0. The van der Waals surface area contributed by atoms with Crippen LogP contribution in [0.25, 0.3) is 0 Å². The average Bonchev–Trinajstić information content (AvgIpc) is 2.86. The normalized spacial score (nSPS) is 23.1. The number of carbonyl (C=O) groups is 2. The lowest BCUT2D eigenvalue weighted by Crippen LogP contribution is -2.51. The van der Waals surface area contributed by atoms with Crippen LogP contribution in [0.15, 0.2) is 67.0 Å². The lowest BCUT2D eigenvalue weighted by molar-refractivity contribution is -0.135. The van der Waals surface area contributed by atoms with Gasteiger partial charge in [-0.05, 0) is 24.3 Å². The number of anilines is 1. The molecule has 3 atom stereocenters. The van der Waals surface area contributed by atoms with Gasteiger partial charge in [0, 0.05) is 49.8 Å². The van der Waals surface area contributed by atoms with E-state index in [1.807, 2.05) is 23.1 Å². The van der Waals surface area contributed by atoms with Gasteiger partial charge in [0.05, 0.1) is 25.2 Å². The number of piperazine rings is 1. The molecule has 2 aliphatic heterocycles. The topological polar surface area (TPSA) is 95.0 Å². The molecule has 1 aromatic heterocycles. The van der Waals surface area contributed by atoms with Crippen molar-refractivity contribution >= 4 is 17.5 Å². The molecule has 32 heavy (non-hydrogen) atoms. The predicted octanol–water partition coefficient (Wildman–Crippen LogP) is 1.23. The predicted molar refractivity (Wildman–Crippen MR) is 120 cm³/mol. The molecule has 0 saturated carbocycles. The maximum absolute atomic E-state index is 12.8. The summed E-state index contributed by atoms with van der Waals surface area (Å²) >= 11 is 0. The van der Waals surface area contributed by atoms with Gasteiger partial charge in [-0.1, -0.05) is 30.4 Å². The Morgan fingerprint density at radius 1 is 1.03 bits per heavy atom. The highest BCUT2D eigenvalue weighted by Crippen LogP contribution is 2.19. The monoisotopic (exact) mass is 436 g/mol. The quantitative estimate of drug-likeness (QED) is 0.662. The largest absolute Gasteiger partial charge is 0.394 e. The molecule has 0 unspecified atom stereocenters. The summed E-state index contributed by atoms with van der Waals surface area (Å²) in [5.74, 6) is -0.238. The molecular formula is C24H28N4O4. The van der Waals surface area contributed by atoms with E-state index >= 15 is 0 Å². The molecule has 2 amide bonds. The van der Waals surface area contributed by atoms with Crippen LogP contribution in [0.4, 0.5) is 5.69 Å². The van der Waals surface area contributed by atoms with E-state index in [4.69, 9.17) is 4.74 Å². The van der Waals surface area contributed by atoms with Crippen molar-refractivity contribution in [3.8, 4) is 0 Å². The van der Waals surface area contributed by atoms with Crippen LogP contribution >= 0.6 is 0 Å².